The first-order chi connectivity index (χ1) is 9.04. The molecule has 0 saturated carbocycles. The Morgan fingerprint density at radius 2 is 1.75 bits per heavy atom. The number of benzene rings is 1. The van der Waals surface area contributed by atoms with Gasteiger partial charge in [0.25, 0.3) is 0 Å². The van der Waals surface area contributed by atoms with Gasteiger partial charge >= 0.3 is 12.4 Å². The van der Waals surface area contributed by atoms with Gasteiger partial charge in [0.2, 0.25) is 0 Å². The van der Waals surface area contributed by atoms with Gasteiger partial charge in [-0.15, -0.1) is 0 Å². The number of nitrogens with zero attached hydrogens (tertiary/aromatic N) is 1. The van der Waals surface area contributed by atoms with Crippen molar-refractivity contribution in [2.75, 3.05) is 6.54 Å². The number of hydrogen-bond donors (Lipinski definition) is 1. The molecule has 0 bridgehead atoms. The normalized spacial score (nSPS) is 13.9. The molecule has 0 radical (unpaired) electrons. The molecule has 110 valence electrons. The summed E-state index contributed by atoms with van der Waals surface area (Å²) in [6.07, 6.45) is -9.62. The van der Waals surface area contributed by atoms with Crippen LogP contribution in [0.25, 0.3) is 0 Å². The van der Waals surface area contributed by atoms with Crippen molar-refractivity contribution in [1.29, 1.82) is 5.26 Å². The van der Waals surface area contributed by atoms with Gasteiger partial charge in [0.15, 0.2) is 0 Å². The standard InChI is InChI=1S/C11H7F7N2/c12-8-2-1-6(3-7(8)11(16,17)18)9(4-19)20-5-10(13,14)15/h1-3,9,20H,5H2. The van der Waals surface area contributed by atoms with E-state index in [2.05, 4.69) is 0 Å². The Bertz CT molecular complexity index is 513. The van der Waals surface area contributed by atoms with Gasteiger partial charge in [0.05, 0.1) is 18.2 Å². The second-order valence-corrected chi connectivity index (χ2v) is 3.80. The van der Waals surface area contributed by atoms with Crippen LogP contribution in [-0.2, 0) is 6.18 Å². The zero-order valence-corrected chi connectivity index (χ0v) is 9.61. The highest BCUT2D eigenvalue weighted by Gasteiger charge is 2.35. The highest BCUT2D eigenvalue weighted by Crippen LogP contribution is 2.33. The average molecular weight is 300 g/mol. The molecule has 2 nitrogen and oxygen atoms in total. The lowest BCUT2D eigenvalue weighted by molar-refractivity contribution is -0.140. The molecule has 0 aromatic heterocycles. The lowest BCUT2D eigenvalue weighted by Gasteiger charge is -2.15. The fourth-order valence-corrected chi connectivity index (χ4v) is 1.40. The highest BCUT2D eigenvalue weighted by molar-refractivity contribution is 5.32. The Labute approximate surface area is 108 Å². The van der Waals surface area contributed by atoms with Crippen molar-refractivity contribution in [2.24, 2.45) is 0 Å². The number of rotatable bonds is 3. The van der Waals surface area contributed by atoms with E-state index < -0.39 is 41.9 Å². The minimum Gasteiger partial charge on any atom is -0.290 e. The van der Waals surface area contributed by atoms with Crippen LogP contribution < -0.4 is 5.32 Å². The maximum Gasteiger partial charge on any atom is 0.419 e. The quantitative estimate of drug-likeness (QED) is 0.866. The van der Waals surface area contributed by atoms with E-state index in [-0.39, 0.29) is 0 Å². The molecule has 1 atom stereocenters. The second kappa shape index (κ2) is 5.66. The first-order valence-electron chi connectivity index (χ1n) is 5.11. The van der Waals surface area contributed by atoms with Gasteiger partial charge in [-0.25, -0.2) is 4.39 Å². The van der Waals surface area contributed by atoms with E-state index in [0.717, 1.165) is 6.07 Å². The minimum absolute atomic E-state index is 0.312. The fourth-order valence-electron chi connectivity index (χ4n) is 1.40. The molecule has 0 aliphatic carbocycles. The van der Waals surface area contributed by atoms with Gasteiger partial charge in [-0.05, 0) is 17.7 Å². The second-order valence-electron chi connectivity index (χ2n) is 3.80. The van der Waals surface area contributed by atoms with Crippen molar-refractivity contribution < 1.29 is 30.7 Å². The zero-order chi connectivity index (χ0) is 15.6. The molecular formula is C11H7F7N2. The van der Waals surface area contributed by atoms with Gasteiger partial charge in [-0.2, -0.15) is 31.6 Å². The van der Waals surface area contributed by atoms with E-state index >= 15 is 0 Å². The molecule has 0 fully saturated rings. The molecule has 20 heavy (non-hydrogen) atoms. The van der Waals surface area contributed by atoms with E-state index in [0.29, 0.717) is 12.1 Å². The largest absolute Gasteiger partial charge is 0.419 e. The average Bonchev–Trinajstić information content (AvgIpc) is 2.28. The summed E-state index contributed by atoms with van der Waals surface area (Å²) in [5, 5.41) is 10.4. The molecular weight excluding hydrogens is 293 g/mol. The zero-order valence-electron chi connectivity index (χ0n) is 9.61. The first kappa shape index (κ1) is 16.2. The lowest BCUT2D eigenvalue weighted by Crippen LogP contribution is -2.31. The molecule has 1 aromatic rings. The van der Waals surface area contributed by atoms with E-state index in [1.165, 1.54) is 6.07 Å². The lowest BCUT2D eigenvalue weighted by atomic mass is 10.0. The summed E-state index contributed by atoms with van der Waals surface area (Å²) >= 11 is 0. The van der Waals surface area contributed by atoms with Gasteiger partial charge in [0.1, 0.15) is 11.9 Å². The SMILES string of the molecule is N#CC(NCC(F)(F)F)c1ccc(F)c(C(F)(F)F)c1. The maximum absolute atomic E-state index is 13.0. The summed E-state index contributed by atoms with van der Waals surface area (Å²) in [6.45, 7) is -1.55. The van der Waals surface area contributed by atoms with Crippen LogP contribution in [0.1, 0.15) is 17.2 Å². The third-order valence-corrected chi connectivity index (χ3v) is 2.26. The molecule has 0 aliphatic heterocycles. The number of hydrogen-bond acceptors (Lipinski definition) is 2. The molecule has 0 saturated heterocycles. The predicted molar refractivity (Wildman–Crippen MR) is 53.8 cm³/mol. The maximum atomic E-state index is 13.0. The van der Waals surface area contributed by atoms with E-state index in [1.54, 1.807) is 5.32 Å². The van der Waals surface area contributed by atoms with Crippen LogP contribution in [-0.4, -0.2) is 12.7 Å². The van der Waals surface area contributed by atoms with Crippen LogP contribution in [0.15, 0.2) is 18.2 Å². The molecule has 0 aliphatic rings. The predicted octanol–water partition coefficient (Wildman–Crippen LogP) is 3.56. The summed E-state index contributed by atoms with van der Waals surface area (Å²) in [4.78, 5) is 0. The molecule has 1 N–H and O–H groups in total. The molecule has 0 amide bonds. The van der Waals surface area contributed by atoms with Crippen molar-refractivity contribution in [1.82, 2.24) is 5.32 Å². The molecule has 9 heteroatoms. The van der Waals surface area contributed by atoms with Gasteiger partial charge in [-0.3, -0.25) is 5.32 Å². The Morgan fingerprint density at radius 1 is 1.15 bits per heavy atom. The summed E-state index contributed by atoms with van der Waals surface area (Å²) in [5.41, 5.74) is -2.03. The van der Waals surface area contributed by atoms with Crippen molar-refractivity contribution in [3.05, 3.63) is 35.1 Å². The van der Waals surface area contributed by atoms with E-state index in [9.17, 15) is 30.7 Å². The fraction of sp³-hybridized carbons (Fsp3) is 0.364. The van der Waals surface area contributed by atoms with Crippen LogP contribution in [0.3, 0.4) is 0 Å². The number of nitriles is 1. The monoisotopic (exact) mass is 300 g/mol. The van der Waals surface area contributed by atoms with Crippen LogP contribution in [0, 0.1) is 17.1 Å². The van der Waals surface area contributed by atoms with Crippen molar-refractivity contribution in [3.8, 4) is 6.07 Å². The molecule has 1 rings (SSSR count). The smallest absolute Gasteiger partial charge is 0.290 e. The first-order valence-corrected chi connectivity index (χ1v) is 5.11. The number of nitrogens with one attached hydrogen (secondary N) is 1. The van der Waals surface area contributed by atoms with E-state index in [4.69, 9.17) is 5.26 Å². The molecule has 0 spiro atoms. The molecule has 1 aromatic carbocycles. The summed E-state index contributed by atoms with van der Waals surface area (Å²) in [5.74, 6) is -1.56. The number of alkyl halides is 6. The van der Waals surface area contributed by atoms with Gasteiger partial charge in [-0.1, -0.05) is 6.07 Å². The van der Waals surface area contributed by atoms with Crippen LogP contribution in [0.2, 0.25) is 0 Å². The van der Waals surface area contributed by atoms with Crippen molar-refractivity contribution >= 4 is 0 Å². The number of halogens is 7. The van der Waals surface area contributed by atoms with Gasteiger partial charge in [0, 0.05) is 0 Å². The Morgan fingerprint density at radius 3 is 2.20 bits per heavy atom. The third kappa shape index (κ3) is 4.38. The summed E-state index contributed by atoms with van der Waals surface area (Å²) in [6, 6.07) is 1.35. The molecule has 1 unspecified atom stereocenters. The summed E-state index contributed by atoms with van der Waals surface area (Å²) in [7, 11) is 0. The third-order valence-electron chi connectivity index (χ3n) is 2.26. The molecule has 0 heterocycles. The van der Waals surface area contributed by atoms with Crippen molar-refractivity contribution in [2.45, 2.75) is 18.4 Å². The minimum atomic E-state index is -5.00. The van der Waals surface area contributed by atoms with Crippen LogP contribution in [0.5, 0.6) is 0 Å². The van der Waals surface area contributed by atoms with Crippen molar-refractivity contribution in [3.63, 3.8) is 0 Å². The highest BCUT2D eigenvalue weighted by atomic mass is 19.4. The summed E-state index contributed by atoms with van der Waals surface area (Å²) < 4.78 is 86.3. The Balaban J connectivity index is 3.03. The van der Waals surface area contributed by atoms with Gasteiger partial charge < -0.3 is 0 Å². The van der Waals surface area contributed by atoms with E-state index in [1.807, 2.05) is 0 Å². The Hall–Kier alpha value is -1.82. The topological polar surface area (TPSA) is 35.8 Å². The Kier molecular flexibility index (Phi) is 4.60. The van der Waals surface area contributed by atoms with Crippen LogP contribution in [0.4, 0.5) is 30.7 Å². The van der Waals surface area contributed by atoms with Crippen LogP contribution >= 0.6 is 0 Å².